The molecule has 0 saturated heterocycles. The van der Waals surface area contributed by atoms with Crippen LogP contribution in [0.15, 0.2) is 24.3 Å². The maximum atomic E-state index is 11.6. The number of hydrogen-bond donors (Lipinski definition) is 1. The summed E-state index contributed by atoms with van der Waals surface area (Å²) in [6.07, 6.45) is 0.425. The quantitative estimate of drug-likeness (QED) is 0.821. The molecule has 1 aromatic rings. The molecule has 0 bridgehead atoms. The van der Waals surface area contributed by atoms with Crippen LogP contribution in [0.25, 0.3) is 0 Å². The van der Waals surface area contributed by atoms with E-state index >= 15 is 0 Å². The van der Waals surface area contributed by atoms with E-state index in [1.165, 1.54) is 5.56 Å². The Labute approximate surface area is 96.8 Å². The second kappa shape index (κ2) is 6.28. The predicted octanol–water partition coefficient (Wildman–Crippen LogP) is 1.69. The third kappa shape index (κ3) is 4.45. The summed E-state index contributed by atoms with van der Waals surface area (Å²) in [6.45, 7) is 4.50. The smallest absolute Gasteiger partial charge is 0.224 e. The number of benzene rings is 1. The lowest BCUT2D eigenvalue weighted by atomic mass is 10.1. The van der Waals surface area contributed by atoms with Crippen molar-refractivity contribution in [1.82, 2.24) is 5.32 Å². The molecule has 3 nitrogen and oxygen atoms in total. The molecule has 0 aliphatic carbocycles. The second-order valence-corrected chi connectivity index (χ2v) is 4.09. The molecule has 1 rings (SSSR count). The van der Waals surface area contributed by atoms with E-state index in [1.807, 2.05) is 38.1 Å². The van der Waals surface area contributed by atoms with Gasteiger partial charge in [-0.2, -0.15) is 0 Å². The van der Waals surface area contributed by atoms with Gasteiger partial charge in [0.2, 0.25) is 5.91 Å². The van der Waals surface area contributed by atoms with Crippen LogP contribution in [0.3, 0.4) is 0 Å². The number of hydrogen-bond acceptors (Lipinski definition) is 2. The van der Waals surface area contributed by atoms with Gasteiger partial charge in [0, 0.05) is 13.2 Å². The lowest BCUT2D eigenvalue weighted by Gasteiger charge is -2.12. The first-order chi connectivity index (χ1) is 7.61. The van der Waals surface area contributed by atoms with E-state index in [1.54, 1.807) is 7.11 Å². The summed E-state index contributed by atoms with van der Waals surface area (Å²) in [6, 6.07) is 8.05. The Morgan fingerprint density at radius 2 is 2.00 bits per heavy atom. The van der Waals surface area contributed by atoms with Crippen molar-refractivity contribution in [2.45, 2.75) is 26.3 Å². The van der Waals surface area contributed by atoms with Crippen LogP contribution in [-0.2, 0) is 16.0 Å². The highest BCUT2D eigenvalue weighted by Crippen LogP contribution is 2.03. The SMILES string of the molecule is COCC(C)NC(=O)Cc1ccc(C)cc1. The van der Waals surface area contributed by atoms with Crippen molar-refractivity contribution in [3.8, 4) is 0 Å². The minimum atomic E-state index is 0.0356. The molecule has 0 aromatic heterocycles. The Bertz CT molecular complexity index is 332. The highest BCUT2D eigenvalue weighted by Gasteiger charge is 2.07. The second-order valence-electron chi connectivity index (χ2n) is 4.09. The van der Waals surface area contributed by atoms with Crippen molar-refractivity contribution >= 4 is 5.91 Å². The summed E-state index contributed by atoms with van der Waals surface area (Å²) < 4.78 is 4.96. The monoisotopic (exact) mass is 221 g/mol. The fraction of sp³-hybridized carbons (Fsp3) is 0.462. The zero-order valence-corrected chi connectivity index (χ0v) is 10.1. The number of ether oxygens (including phenoxy) is 1. The fourth-order valence-electron chi connectivity index (χ4n) is 1.51. The summed E-state index contributed by atoms with van der Waals surface area (Å²) in [7, 11) is 1.63. The minimum absolute atomic E-state index is 0.0356. The molecule has 3 heteroatoms. The summed E-state index contributed by atoms with van der Waals surface area (Å²) in [4.78, 5) is 11.6. The maximum Gasteiger partial charge on any atom is 0.224 e. The fourth-order valence-corrected chi connectivity index (χ4v) is 1.51. The molecule has 0 aliphatic rings. The van der Waals surface area contributed by atoms with Crippen LogP contribution in [0, 0.1) is 6.92 Å². The molecule has 0 fully saturated rings. The van der Waals surface area contributed by atoms with Crippen molar-refractivity contribution in [2.75, 3.05) is 13.7 Å². The number of amides is 1. The van der Waals surface area contributed by atoms with E-state index in [0.717, 1.165) is 5.56 Å². The van der Waals surface area contributed by atoms with Gasteiger partial charge in [-0.15, -0.1) is 0 Å². The van der Waals surface area contributed by atoms with E-state index in [4.69, 9.17) is 4.74 Å². The molecule has 1 amide bonds. The van der Waals surface area contributed by atoms with Crippen molar-refractivity contribution in [3.05, 3.63) is 35.4 Å². The average molecular weight is 221 g/mol. The molecule has 0 aliphatic heterocycles. The predicted molar refractivity (Wildman–Crippen MR) is 64.4 cm³/mol. The van der Waals surface area contributed by atoms with Crippen LogP contribution in [0.5, 0.6) is 0 Å². The molecule has 88 valence electrons. The summed E-state index contributed by atoms with van der Waals surface area (Å²) in [5, 5.41) is 2.88. The van der Waals surface area contributed by atoms with Gasteiger partial charge in [-0.25, -0.2) is 0 Å². The number of nitrogens with one attached hydrogen (secondary N) is 1. The van der Waals surface area contributed by atoms with Gasteiger partial charge in [0.05, 0.1) is 13.0 Å². The number of carbonyl (C=O) groups excluding carboxylic acids is 1. The Kier molecular flexibility index (Phi) is 4.99. The number of methoxy groups -OCH3 is 1. The van der Waals surface area contributed by atoms with E-state index < -0.39 is 0 Å². The summed E-state index contributed by atoms with van der Waals surface area (Å²) in [5.41, 5.74) is 2.24. The maximum absolute atomic E-state index is 11.6. The zero-order valence-electron chi connectivity index (χ0n) is 10.1. The first-order valence-corrected chi connectivity index (χ1v) is 5.45. The van der Waals surface area contributed by atoms with E-state index in [9.17, 15) is 4.79 Å². The molecular formula is C13H19NO2. The normalized spacial score (nSPS) is 12.2. The van der Waals surface area contributed by atoms with Gasteiger partial charge >= 0.3 is 0 Å². The molecule has 1 atom stereocenters. The van der Waals surface area contributed by atoms with Gasteiger partial charge in [0.25, 0.3) is 0 Å². The third-order valence-electron chi connectivity index (χ3n) is 2.31. The average Bonchev–Trinajstić information content (AvgIpc) is 2.21. The van der Waals surface area contributed by atoms with Crippen molar-refractivity contribution in [1.29, 1.82) is 0 Å². The zero-order chi connectivity index (χ0) is 12.0. The molecule has 0 radical (unpaired) electrons. The van der Waals surface area contributed by atoms with E-state index in [2.05, 4.69) is 5.32 Å². The Hall–Kier alpha value is -1.35. The highest BCUT2D eigenvalue weighted by molar-refractivity contribution is 5.78. The third-order valence-corrected chi connectivity index (χ3v) is 2.31. The first-order valence-electron chi connectivity index (χ1n) is 5.45. The molecule has 16 heavy (non-hydrogen) atoms. The minimum Gasteiger partial charge on any atom is -0.383 e. The number of carbonyl (C=O) groups is 1. The van der Waals surface area contributed by atoms with Gasteiger partial charge in [0.15, 0.2) is 0 Å². The van der Waals surface area contributed by atoms with Crippen molar-refractivity contribution in [2.24, 2.45) is 0 Å². The number of rotatable bonds is 5. The Morgan fingerprint density at radius 1 is 1.38 bits per heavy atom. The summed E-state index contributed by atoms with van der Waals surface area (Å²) >= 11 is 0. The van der Waals surface area contributed by atoms with Gasteiger partial charge in [-0.05, 0) is 19.4 Å². The van der Waals surface area contributed by atoms with E-state index in [-0.39, 0.29) is 11.9 Å². The molecule has 1 unspecified atom stereocenters. The van der Waals surface area contributed by atoms with Crippen LogP contribution in [0.1, 0.15) is 18.1 Å². The highest BCUT2D eigenvalue weighted by atomic mass is 16.5. The molecule has 1 aromatic carbocycles. The van der Waals surface area contributed by atoms with Gasteiger partial charge < -0.3 is 10.1 Å². The van der Waals surface area contributed by atoms with Crippen LogP contribution in [0.4, 0.5) is 0 Å². The van der Waals surface area contributed by atoms with E-state index in [0.29, 0.717) is 13.0 Å². The molecule has 0 spiro atoms. The van der Waals surface area contributed by atoms with Crippen LogP contribution in [-0.4, -0.2) is 25.7 Å². The summed E-state index contributed by atoms with van der Waals surface area (Å²) in [5.74, 6) is 0.0356. The first kappa shape index (κ1) is 12.7. The molecule has 0 saturated carbocycles. The van der Waals surface area contributed by atoms with Crippen LogP contribution < -0.4 is 5.32 Å². The number of aryl methyl sites for hydroxylation is 1. The largest absolute Gasteiger partial charge is 0.383 e. The van der Waals surface area contributed by atoms with Gasteiger partial charge in [-0.1, -0.05) is 29.8 Å². The lowest BCUT2D eigenvalue weighted by molar-refractivity contribution is -0.121. The standard InChI is InChI=1S/C13H19NO2/c1-10-4-6-12(7-5-10)8-13(15)14-11(2)9-16-3/h4-7,11H,8-9H2,1-3H3,(H,14,15). The molecule has 0 heterocycles. The van der Waals surface area contributed by atoms with Gasteiger partial charge in [0.1, 0.15) is 0 Å². The lowest BCUT2D eigenvalue weighted by Crippen LogP contribution is -2.36. The van der Waals surface area contributed by atoms with Crippen molar-refractivity contribution < 1.29 is 9.53 Å². The van der Waals surface area contributed by atoms with Gasteiger partial charge in [-0.3, -0.25) is 4.79 Å². The topological polar surface area (TPSA) is 38.3 Å². The Balaban J connectivity index is 2.42. The van der Waals surface area contributed by atoms with Crippen LogP contribution in [0.2, 0.25) is 0 Å². The van der Waals surface area contributed by atoms with Crippen LogP contribution >= 0.6 is 0 Å². The Morgan fingerprint density at radius 3 is 2.56 bits per heavy atom. The molecular weight excluding hydrogens is 202 g/mol. The van der Waals surface area contributed by atoms with Crippen molar-refractivity contribution in [3.63, 3.8) is 0 Å². The molecule has 1 N–H and O–H groups in total.